The molecule has 1 aliphatic heterocycles. The third kappa shape index (κ3) is 4.90. The van der Waals surface area contributed by atoms with Gasteiger partial charge >= 0.3 is 6.36 Å². The molecule has 1 saturated carbocycles. The summed E-state index contributed by atoms with van der Waals surface area (Å²) in [6.07, 6.45) is -0.211. The van der Waals surface area contributed by atoms with Gasteiger partial charge in [-0.05, 0) is 54.2 Å². The van der Waals surface area contributed by atoms with Crippen LogP contribution in [0, 0.1) is 23.7 Å². The number of alkyl halides is 3. The minimum atomic E-state index is -4.62. The van der Waals surface area contributed by atoms with Crippen LogP contribution in [0.25, 0.3) is 0 Å². The lowest BCUT2D eigenvalue weighted by Crippen LogP contribution is -2.30. The van der Waals surface area contributed by atoms with Crippen molar-refractivity contribution in [3.8, 4) is 5.75 Å². The van der Waals surface area contributed by atoms with Gasteiger partial charge < -0.3 is 9.64 Å². The predicted octanol–water partition coefficient (Wildman–Crippen LogP) is 5.13. The molecule has 1 aromatic rings. The van der Waals surface area contributed by atoms with Crippen molar-refractivity contribution in [1.29, 1.82) is 0 Å². The number of benzene rings is 1. The molecule has 2 fully saturated rings. The van der Waals surface area contributed by atoms with Crippen molar-refractivity contribution in [2.75, 3.05) is 19.6 Å². The lowest BCUT2D eigenvalue weighted by molar-refractivity contribution is -0.274. The molecule has 0 aromatic heterocycles. The van der Waals surface area contributed by atoms with Gasteiger partial charge in [-0.15, -0.1) is 13.2 Å². The normalized spacial score (nSPS) is 26.1. The fourth-order valence-corrected chi connectivity index (χ4v) is 4.46. The van der Waals surface area contributed by atoms with E-state index in [2.05, 4.69) is 23.5 Å². The summed E-state index contributed by atoms with van der Waals surface area (Å²) in [5.74, 6) is 3.07. The molecule has 2 nitrogen and oxygen atoms in total. The van der Waals surface area contributed by atoms with Crippen LogP contribution in [0.4, 0.5) is 13.2 Å². The average molecular weight is 355 g/mol. The third-order valence-electron chi connectivity index (χ3n) is 6.02. The van der Waals surface area contributed by atoms with Crippen molar-refractivity contribution >= 4 is 0 Å². The first-order chi connectivity index (χ1) is 11.9. The molecular formula is C20H28F3NO. The molecule has 25 heavy (non-hydrogen) atoms. The van der Waals surface area contributed by atoms with Crippen LogP contribution < -0.4 is 4.74 Å². The molecule has 1 heterocycles. The Hall–Kier alpha value is -1.23. The number of rotatable bonds is 8. The molecule has 0 spiro atoms. The number of nitrogens with zero attached hydrogens (tertiary/aromatic N) is 1. The van der Waals surface area contributed by atoms with E-state index in [-0.39, 0.29) is 5.75 Å². The van der Waals surface area contributed by atoms with Gasteiger partial charge in [0.05, 0.1) is 0 Å². The molecule has 3 rings (SSSR count). The van der Waals surface area contributed by atoms with Gasteiger partial charge in [0.2, 0.25) is 0 Å². The zero-order valence-electron chi connectivity index (χ0n) is 15.1. The molecule has 0 radical (unpaired) electrons. The fourth-order valence-electron chi connectivity index (χ4n) is 4.46. The summed E-state index contributed by atoms with van der Waals surface area (Å²) in [6, 6.07) is 6.41. The van der Waals surface area contributed by atoms with Crippen LogP contribution in [-0.2, 0) is 6.42 Å². The summed E-state index contributed by atoms with van der Waals surface area (Å²) in [5, 5.41) is 0. The Morgan fingerprint density at radius 3 is 2.44 bits per heavy atom. The number of piperidine rings is 1. The Balaban J connectivity index is 1.43. The van der Waals surface area contributed by atoms with Crippen molar-refractivity contribution in [2.45, 2.75) is 45.9 Å². The maximum Gasteiger partial charge on any atom is 0.573 e. The van der Waals surface area contributed by atoms with Gasteiger partial charge in [-0.3, -0.25) is 0 Å². The Labute approximate surface area is 148 Å². The van der Waals surface area contributed by atoms with Gasteiger partial charge in [0.15, 0.2) is 0 Å². The number of hydrogen-bond donors (Lipinski definition) is 0. The van der Waals surface area contributed by atoms with Crippen LogP contribution >= 0.6 is 0 Å². The smallest absolute Gasteiger partial charge is 0.406 e. The Kier molecular flexibility index (Phi) is 5.62. The molecule has 2 unspecified atom stereocenters. The van der Waals surface area contributed by atoms with E-state index in [0.717, 1.165) is 42.1 Å². The van der Waals surface area contributed by atoms with Crippen molar-refractivity contribution < 1.29 is 17.9 Å². The van der Waals surface area contributed by atoms with Gasteiger partial charge in [0.25, 0.3) is 0 Å². The highest BCUT2D eigenvalue weighted by atomic mass is 19.4. The highest BCUT2D eigenvalue weighted by Crippen LogP contribution is 2.54. The molecule has 1 aliphatic carbocycles. The van der Waals surface area contributed by atoms with Crippen LogP contribution in [0.3, 0.4) is 0 Å². The van der Waals surface area contributed by atoms with Gasteiger partial charge in [0, 0.05) is 19.6 Å². The van der Waals surface area contributed by atoms with Crippen molar-refractivity contribution in [3.63, 3.8) is 0 Å². The molecule has 1 saturated heterocycles. The van der Waals surface area contributed by atoms with Gasteiger partial charge in [0.1, 0.15) is 5.75 Å². The van der Waals surface area contributed by atoms with Crippen molar-refractivity contribution in [3.05, 3.63) is 29.8 Å². The molecule has 0 N–H and O–H groups in total. The number of fused-ring (bicyclic) bond motifs is 1. The summed E-state index contributed by atoms with van der Waals surface area (Å²) >= 11 is 0. The zero-order valence-corrected chi connectivity index (χ0v) is 15.1. The van der Waals surface area contributed by atoms with Gasteiger partial charge in [-0.2, -0.15) is 0 Å². The van der Waals surface area contributed by atoms with E-state index in [9.17, 15) is 13.2 Å². The molecule has 2 atom stereocenters. The lowest BCUT2D eigenvalue weighted by atomic mass is 10.0. The standard InChI is InChI=1S/C20H28F3NO/c1-3-14(4-2)11-24-12-18-17(19(18)13-24)9-8-15-6-5-7-16(10-15)25-20(21,22)23/h5-7,10,14,17-19H,3-4,8-9,11-13H2,1-2H3. The van der Waals surface area contributed by atoms with Crippen molar-refractivity contribution in [2.24, 2.45) is 23.7 Å². The Morgan fingerprint density at radius 1 is 1.16 bits per heavy atom. The molecule has 140 valence electrons. The first kappa shape index (κ1) is 18.6. The van der Waals surface area contributed by atoms with E-state index < -0.39 is 6.36 Å². The second-order valence-corrected chi connectivity index (χ2v) is 7.63. The lowest BCUT2D eigenvalue weighted by Gasteiger charge is -2.24. The van der Waals surface area contributed by atoms with Crippen LogP contribution in [0.5, 0.6) is 5.75 Å². The topological polar surface area (TPSA) is 12.5 Å². The predicted molar refractivity (Wildman–Crippen MR) is 92.4 cm³/mol. The van der Waals surface area contributed by atoms with Crippen LogP contribution in [-0.4, -0.2) is 30.9 Å². The van der Waals surface area contributed by atoms with Gasteiger partial charge in [-0.25, -0.2) is 0 Å². The minimum absolute atomic E-state index is 0.114. The highest BCUT2D eigenvalue weighted by Gasteiger charge is 2.54. The second kappa shape index (κ2) is 7.56. The van der Waals surface area contributed by atoms with E-state index in [1.165, 1.54) is 44.6 Å². The number of halogens is 3. The van der Waals surface area contributed by atoms with E-state index in [1.807, 2.05) is 6.07 Å². The highest BCUT2D eigenvalue weighted by molar-refractivity contribution is 5.29. The monoisotopic (exact) mass is 355 g/mol. The maximum atomic E-state index is 12.3. The summed E-state index contributed by atoms with van der Waals surface area (Å²) < 4.78 is 40.9. The first-order valence-corrected chi connectivity index (χ1v) is 9.46. The van der Waals surface area contributed by atoms with Gasteiger partial charge in [-0.1, -0.05) is 38.8 Å². The third-order valence-corrected chi connectivity index (χ3v) is 6.02. The molecule has 0 bridgehead atoms. The van der Waals surface area contributed by atoms with Crippen LogP contribution in [0.15, 0.2) is 24.3 Å². The van der Waals surface area contributed by atoms with E-state index >= 15 is 0 Å². The quantitative estimate of drug-likeness (QED) is 0.641. The number of ether oxygens (including phenoxy) is 1. The molecule has 1 aromatic carbocycles. The minimum Gasteiger partial charge on any atom is -0.406 e. The van der Waals surface area contributed by atoms with E-state index in [1.54, 1.807) is 6.07 Å². The summed E-state index contributed by atoms with van der Waals surface area (Å²) in [7, 11) is 0. The summed E-state index contributed by atoms with van der Waals surface area (Å²) in [4.78, 5) is 2.61. The van der Waals surface area contributed by atoms with Crippen molar-refractivity contribution in [1.82, 2.24) is 4.90 Å². The Morgan fingerprint density at radius 2 is 1.84 bits per heavy atom. The number of aryl methyl sites for hydroxylation is 1. The fraction of sp³-hybridized carbons (Fsp3) is 0.700. The van der Waals surface area contributed by atoms with Crippen LogP contribution in [0.1, 0.15) is 38.7 Å². The molecular weight excluding hydrogens is 327 g/mol. The molecule has 0 amide bonds. The zero-order chi connectivity index (χ0) is 18.0. The van der Waals surface area contributed by atoms with Crippen LogP contribution in [0.2, 0.25) is 0 Å². The number of likely N-dealkylation sites (tertiary alicyclic amines) is 1. The summed E-state index contributed by atoms with van der Waals surface area (Å²) in [6.45, 7) is 8.18. The average Bonchev–Trinajstić information content (AvgIpc) is 3.00. The van der Waals surface area contributed by atoms with E-state index in [4.69, 9.17) is 0 Å². The largest absolute Gasteiger partial charge is 0.573 e. The maximum absolute atomic E-state index is 12.3. The molecule has 5 heteroatoms. The Bertz CT molecular complexity index is 558. The number of hydrogen-bond acceptors (Lipinski definition) is 2. The first-order valence-electron chi connectivity index (χ1n) is 9.46. The second-order valence-electron chi connectivity index (χ2n) is 7.63. The molecule has 2 aliphatic rings. The van der Waals surface area contributed by atoms with E-state index in [0.29, 0.717) is 0 Å². The summed E-state index contributed by atoms with van der Waals surface area (Å²) in [5.41, 5.74) is 0.931. The SMILES string of the molecule is CCC(CC)CN1CC2C(CCc3cccc(OC(F)(F)F)c3)C2C1.